The molecule has 1 unspecified atom stereocenters. The van der Waals surface area contributed by atoms with E-state index in [0.29, 0.717) is 47.3 Å². The van der Waals surface area contributed by atoms with Gasteiger partial charge >= 0.3 is 0 Å². The number of halogens is 1. The molecule has 1 N–H and O–H groups in total. The zero-order chi connectivity index (χ0) is 26.5. The highest BCUT2D eigenvalue weighted by molar-refractivity contribution is 6.36. The first-order valence-electron chi connectivity index (χ1n) is 13.0. The molecule has 3 aromatic rings. The van der Waals surface area contributed by atoms with Gasteiger partial charge in [-0.3, -0.25) is 9.69 Å². The van der Waals surface area contributed by atoms with Crippen molar-refractivity contribution in [2.45, 2.75) is 45.8 Å². The molecule has 0 aliphatic carbocycles. The van der Waals surface area contributed by atoms with Crippen LogP contribution in [0.15, 0.2) is 24.4 Å². The van der Waals surface area contributed by atoms with Crippen LogP contribution < -0.4 is 4.74 Å². The zero-order valence-corrected chi connectivity index (χ0v) is 23.0. The van der Waals surface area contributed by atoms with Crippen LogP contribution in [0.5, 0.6) is 5.88 Å². The van der Waals surface area contributed by atoms with Gasteiger partial charge in [0.25, 0.3) is 0 Å². The lowest BCUT2D eigenvalue weighted by atomic mass is 9.74. The maximum Gasteiger partial charge on any atom is 0.219 e. The van der Waals surface area contributed by atoms with Crippen LogP contribution in [-0.4, -0.2) is 68.6 Å². The van der Waals surface area contributed by atoms with Crippen molar-refractivity contribution >= 4 is 28.4 Å². The lowest BCUT2D eigenvalue weighted by Crippen LogP contribution is -2.58. The summed E-state index contributed by atoms with van der Waals surface area (Å²) >= 11 is 7.07. The van der Waals surface area contributed by atoms with Crippen LogP contribution in [0.4, 0.5) is 0 Å². The molecule has 2 saturated heterocycles. The second-order valence-electron chi connectivity index (χ2n) is 10.7. The molecule has 8 nitrogen and oxygen atoms in total. The number of piperidine rings is 1. The molecule has 9 heteroatoms. The number of ether oxygens (including phenoxy) is 1. The molecule has 5 rings (SSSR count). The van der Waals surface area contributed by atoms with Crippen molar-refractivity contribution < 1.29 is 14.6 Å². The number of pyridine rings is 1. The SMILES string of the molecule is COc1nc2ccc(C(O)(c3cnc(C)n3C)C3CN(C(C)=O)C3)cc2c(Cl)c1CN1CCC(C)CC1. The van der Waals surface area contributed by atoms with Crippen LogP contribution in [-0.2, 0) is 24.0 Å². The summed E-state index contributed by atoms with van der Waals surface area (Å²) in [7, 11) is 3.53. The van der Waals surface area contributed by atoms with E-state index in [2.05, 4.69) is 16.8 Å². The minimum atomic E-state index is -1.34. The van der Waals surface area contributed by atoms with Gasteiger partial charge in [-0.1, -0.05) is 24.6 Å². The van der Waals surface area contributed by atoms with E-state index in [4.69, 9.17) is 21.3 Å². The molecule has 0 bridgehead atoms. The molecule has 1 aromatic carbocycles. The van der Waals surface area contributed by atoms with Gasteiger partial charge in [0.1, 0.15) is 11.4 Å². The maximum absolute atomic E-state index is 12.4. The number of aryl methyl sites for hydroxylation is 1. The van der Waals surface area contributed by atoms with Crippen molar-refractivity contribution in [3.63, 3.8) is 0 Å². The van der Waals surface area contributed by atoms with Crippen LogP contribution in [0.2, 0.25) is 5.02 Å². The number of amides is 1. The van der Waals surface area contributed by atoms with E-state index >= 15 is 0 Å². The highest BCUT2D eigenvalue weighted by Crippen LogP contribution is 2.44. The Bertz CT molecular complexity index is 1330. The van der Waals surface area contributed by atoms with Gasteiger partial charge in [0.05, 0.1) is 29.5 Å². The highest BCUT2D eigenvalue weighted by Gasteiger charge is 2.49. The monoisotopic (exact) mass is 525 g/mol. The number of aliphatic hydroxyl groups is 1. The summed E-state index contributed by atoms with van der Waals surface area (Å²) in [6.45, 7) is 9.42. The lowest BCUT2D eigenvalue weighted by Gasteiger charge is -2.48. The number of likely N-dealkylation sites (tertiary alicyclic amines) is 2. The summed E-state index contributed by atoms with van der Waals surface area (Å²) < 4.78 is 7.57. The molecule has 37 heavy (non-hydrogen) atoms. The van der Waals surface area contributed by atoms with Gasteiger partial charge in [-0.05, 0) is 56.5 Å². The molecule has 1 atom stereocenters. The van der Waals surface area contributed by atoms with Crippen LogP contribution >= 0.6 is 11.6 Å². The molecule has 2 aliphatic heterocycles. The van der Waals surface area contributed by atoms with Gasteiger partial charge in [-0.15, -0.1) is 0 Å². The summed E-state index contributed by atoms with van der Waals surface area (Å²) in [6, 6.07) is 5.74. The number of aromatic nitrogens is 3. The smallest absolute Gasteiger partial charge is 0.219 e. The van der Waals surface area contributed by atoms with E-state index in [-0.39, 0.29) is 11.8 Å². The summed E-state index contributed by atoms with van der Waals surface area (Å²) in [4.78, 5) is 25.3. The van der Waals surface area contributed by atoms with Gasteiger partial charge in [-0.2, -0.15) is 0 Å². The highest BCUT2D eigenvalue weighted by atomic mass is 35.5. The van der Waals surface area contributed by atoms with Gasteiger partial charge in [0.15, 0.2) is 0 Å². The first kappa shape index (κ1) is 25.9. The number of carbonyl (C=O) groups excluding carboxylic acids is 1. The summed E-state index contributed by atoms with van der Waals surface area (Å²) in [6.07, 6.45) is 4.06. The van der Waals surface area contributed by atoms with Crippen molar-refractivity contribution in [1.29, 1.82) is 0 Å². The molecule has 0 spiro atoms. The number of hydrogen-bond donors (Lipinski definition) is 1. The molecular formula is C28H36ClN5O3. The van der Waals surface area contributed by atoms with Gasteiger partial charge in [-0.25, -0.2) is 9.97 Å². The number of carbonyl (C=O) groups is 1. The van der Waals surface area contributed by atoms with E-state index < -0.39 is 5.60 Å². The Morgan fingerprint density at radius 3 is 2.57 bits per heavy atom. The Kier molecular flexibility index (Phi) is 6.94. The Balaban J connectivity index is 1.59. The average Bonchev–Trinajstić information content (AvgIpc) is 3.18. The Morgan fingerprint density at radius 1 is 1.27 bits per heavy atom. The fraction of sp³-hybridized carbons (Fsp3) is 0.536. The third-order valence-corrected chi connectivity index (χ3v) is 8.83. The molecular weight excluding hydrogens is 490 g/mol. The Labute approximate surface area is 223 Å². The first-order valence-corrected chi connectivity index (χ1v) is 13.4. The number of fused-ring (bicyclic) bond motifs is 1. The minimum Gasteiger partial charge on any atom is -0.481 e. The number of nitrogens with zero attached hydrogens (tertiary/aromatic N) is 5. The standard InChI is InChI=1S/C28H36ClN5O3/c1-17-8-10-33(11-9-17)16-23-26(29)22-12-20(6-7-24(22)31-27(23)37-5)28(36,21-14-34(15-21)19(3)35)25-13-30-18(2)32(25)4/h6-7,12-13,17,21,36H,8-11,14-16H2,1-5H3. The van der Waals surface area contributed by atoms with Gasteiger partial charge < -0.3 is 19.3 Å². The van der Waals surface area contributed by atoms with E-state index in [1.165, 1.54) is 12.8 Å². The predicted molar refractivity (Wildman–Crippen MR) is 144 cm³/mol. The summed E-state index contributed by atoms with van der Waals surface area (Å²) in [5.41, 5.74) is 1.64. The number of methoxy groups -OCH3 is 1. The third-order valence-electron chi connectivity index (χ3n) is 8.40. The molecule has 0 saturated carbocycles. The predicted octanol–water partition coefficient (Wildman–Crippen LogP) is 3.88. The average molecular weight is 526 g/mol. The van der Waals surface area contributed by atoms with E-state index in [1.807, 2.05) is 36.7 Å². The van der Waals surface area contributed by atoms with E-state index in [9.17, 15) is 9.90 Å². The van der Waals surface area contributed by atoms with Crippen molar-refractivity contribution in [1.82, 2.24) is 24.3 Å². The normalized spacial score (nSPS) is 19.2. The van der Waals surface area contributed by atoms with Gasteiger partial charge in [0, 0.05) is 50.5 Å². The second-order valence-corrected chi connectivity index (χ2v) is 11.1. The topological polar surface area (TPSA) is 83.7 Å². The van der Waals surface area contributed by atoms with Crippen molar-refractivity contribution in [3.8, 4) is 5.88 Å². The Morgan fingerprint density at radius 2 is 1.97 bits per heavy atom. The van der Waals surface area contributed by atoms with Crippen molar-refractivity contribution in [2.24, 2.45) is 18.9 Å². The van der Waals surface area contributed by atoms with Gasteiger partial charge in [0.2, 0.25) is 11.8 Å². The molecule has 198 valence electrons. The minimum absolute atomic E-state index is 0.00869. The molecule has 2 fully saturated rings. The second kappa shape index (κ2) is 9.89. The maximum atomic E-state index is 12.4. The Hall–Kier alpha value is -2.68. The summed E-state index contributed by atoms with van der Waals surface area (Å²) in [5, 5.41) is 13.8. The molecule has 2 aliphatic rings. The fourth-order valence-corrected chi connectivity index (χ4v) is 5.97. The van der Waals surface area contributed by atoms with Crippen LogP contribution in [0.3, 0.4) is 0 Å². The molecule has 1 amide bonds. The van der Waals surface area contributed by atoms with Crippen LogP contribution in [0.25, 0.3) is 10.9 Å². The van der Waals surface area contributed by atoms with Crippen LogP contribution in [0.1, 0.15) is 49.3 Å². The number of imidazole rings is 1. The quantitative estimate of drug-likeness (QED) is 0.526. The van der Waals surface area contributed by atoms with Crippen LogP contribution in [0, 0.1) is 18.8 Å². The zero-order valence-electron chi connectivity index (χ0n) is 22.3. The van der Waals surface area contributed by atoms with E-state index in [1.54, 1.807) is 25.1 Å². The fourth-order valence-electron chi connectivity index (χ4n) is 5.68. The number of rotatable bonds is 6. The number of hydrogen-bond acceptors (Lipinski definition) is 6. The van der Waals surface area contributed by atoms with Crippen molar-refractivity contribution in [2.75, 3.05) is 33.3 Å². The molecule has 0 radical (unpaired) electrons. The largest absolute Gasteiger partial charge is 0.481 e. The molecule has 2 aromatic heterocycles. The summed E-state index contributed by atoms with van der Waals surface area (Å²) in [5.74, 6) is 1.92. The molecule has 4 heterocycles. The van der Waals surface area contributed by atoms with E-state index in [0.717, 1.165) is 35.8 Å². The third kappa shape index (κ3) is 4.49. The number of benzene rings is 1. The lowest BCUT2D eigenvalue weighted by molar-refractivity contribution is -0.142. The first-order chi connectivity index (χ1) is 17.6. The van der Waals surface area contributed by atoms with Crippen molar-refractivity contribution in [3.05, 3.63) is 52.1 Å².